The molecule has 0 unspecified atom stereocenters. The number of carbonyl (C=O) groups excluding carboxylic acids is 2. The Kier molecular flexibility index (Phi) is 6.96. The van der Waals surface area contributed by atoms with Crippen LogP contribution in [0.25, 0.3) is 0 Å². The molecule has 0 bridgehead atoms. The molecule has 4 nitrogen and oxygen atoms in total. The van der Waals surface area contributed by atoms with Crippen LogP contribution in [0.2, 0.25) is 0 Å². The molecule has 23 heavy (non-hydrogen) atoms. The molecule has 1 aromatic rings. The van der Waals surface area contributed by atoms with Gasteiger partial charge in [-0.25, -0.2) is 0 Å². The monoisotopic (exact) mass is 334 g/mol. The summed E-state index contributed by atoms with van der Waals surface area (Å²) in [5.74, 6) is 0.746. The van der Waals surface area contributed by atoms with Gasteiger partial charge in [0.15, 0.2) is 0 Å². The number of rotatable bonds is 5. The normalized spacial score (nSPS) is 15.2. The lowest BCUT2D eigenvalue weighted by Gasteiger charge is -2.21. The third-order valence-corrected chi connectivity index (χ3v) is 5.34. The molecule has 1 aromatic carbocycles. The summed E-state index contributed by atoms with van der Waals surface area (Å²) in [6, 6.07) is 7.47. The lowest BCUT2D eigenvalue weighted by Crippen LogP contribution is -2.17. The SMILES string of the molecule is CN(C)C(=O)Sc1ccccc1NC(=O)CCC1CCCCC1. The number of anilines is 1. The Balaban J connectivity index is 1.88. The van der Waals surface area contributed by atoms with Gasteiger partial charge in [0, 0.05) is 25.4 Å². The van der Waals surface area contributed by atoms with Gasteiger partial charge in [-0.15, -0.1) is 0 Å². The summed E-state index contributed by atoms with van der Waals surface area (Å²) in [4.78, 5) is 26.4. The molecule has 0 aromatic heterocycles. The maximum atomic E-state index is 12.2. The van der Waals surface area contributed by atoms with Crippen molar-refractivity contribution in [3.63, 3.8) is 0 Å². The Labute approximate surface area is 143 Å². The Morgan fingerprint density at radius 1 is 1.17 bits per heavy atom. The number of hydrogen-bond acceptors (Lipinski definition) is 3. The first-order valence-corrected chi connectivity index (χ1v) is 9.16. The molecule has 1 N–H and O–H groups in total. The summed E-state index contributed by atoms with van der Waals surface area (Å²) in [7, 11) is 3.45. The van der Waals surface area contributed by atoms with Crippen molar-refractivity contribution in [2.24, 2.45) is 5.92 Å². The van der Waals surface area contributed by atoms with Crippen molar-refractivity contribution in [2.75, 3.05) is 19.4 Å². The number of thioether (sulfide) groups is 1. The summed E-state index contributed by atoms with van der Waals surface area (Å²) >= 11 is 1.14. The van der Waals surface area contributed by atoms with Crippen LogP contribution in [0.15, 0.2) is 29.2 Å². The van der Waals surface area contributed by atoms with Crippen LogP contribution in [0.3, 0.4) is 0 Å². The maximum Gasteiger partial charge on any atom is 0.286 e. The molecule has 2 rings (SSSR count). The van der Waals surface area contributed by atoms with Crippen LogP contribution in [0.1, 0.15) is 44.9 Å². The van der Waals surface area contributed by atoms with E-state index in [0.29, 0.717) is 12.3 Å². The average molecular weight is 334 g/mol. The molecule has 5 heteroatoms. The van der Waals surface area contributed by atoms with E-state index >= 15 is 0 Å². The largest absolute Gasteiger partial charge is 0.339 e. The molecule has 1 fully saturated rings. The molecule has 0 heterocycles. The van der Waals surface area contributed by atoms with Gasteiger partial charge < -0.3 is 10.2 Å². The number of nitrogens with zero attached hydrogens (tertiary/aromatic N) is 1. The summed E-state index contributed by atoms with van der Waals surface area (Å²) in [5.41, 5.74) is 0.723. The molecule has 0 spiro atoms. The third-order valence-electron chi connectivity index (χ3n) is 4.23. The highest BCUT2D eigenvalue weighted by Gasteiger charge is 2.16. The Morgan fingerprint density at radius 2 is 1.87 bits per heavy atom. The lowest BCUT2D eigenvalue weighted by molar-refractivity contribution is -0.116. The second-order valence-electron chi connectivity index (χ2n) is 6.35. The number of benzene rings is 1. The fourth-order valence-electron chi connectivity index (χ4n) is 2.87. The summed E-state index contributed by atoms with van der Waals surface area (Å²) in [6.07, 6.45) is 8.00. The molecule has 2 amide bonds. The summed E-state index contributed by atoms with van der Waals surface area (Å²) < 4.78 is 0. The Bertz CT molecular complexity index is 540. The van der Waals surface area contributed by atoms with Gasteiger partial charge in [-0.05, 0) is 36.2 Å². The van der Waals surface area contributed by atoms with Crippen molar-refractivity contribution in [2.45, 2.75) is 49.8 Å². The smallest absolute Gasteiger partial charge is 0.286 e. The van der Waals surface area contributed by atoms with E-state index in [1.807, 2.05) is 24.3 Å². The molecule has 126 valence electrons. The van der Waals surface area contributed by atoms with Crippen molar-refractivity contribution in [1.82, 2.24) is 4.90 Å². The van der Waals surface area contributed by atoms with Crippen LogP contribution < -0.4 is 5.32 Å². The minimum atomic E-state index is -0.0473. The predicted octanol–water partition coefficient (Wildman–Crippen LogP) is 4.76. The zero-order valence-corrected chi connectivity index (χ0v) is 14.8. The third kappa shape index (κ3) is 5.90. The predicted molar refractivity (Wildman–Crippen MR) is 95.8 cm³/mol. The molecular weight excluding hydrogens is 308 g/mol. The van der Waals surface area contributed by atoms with E-state index in [2.05, 4.69) is 5.32 Å². The van der Waals surface area contributed by atoms with Gasteiger partial charge in [0.05, 0.1) is 5.69 Å². The van der Waals surface area contributed by atoms with Crippen molar-refractivity contribution in [3.05, 3.63) is 24.3 Å². The minimum absolute atomic E-state index is 0.0425. The second kappa shape index (κ2) is 8.96. The van der Waals surface area contributed by atoms with Crippen molar-refractivity contribution in [1.29, 1.82) is 0 Å². The van der Waals surface area contributed by atoms with Crippen LogP contribution in [-0.2, 0) is 4.79 Å². The number of hydrogen-bond donors (Lipinski definition) is 1. The fraction of sp³-hybridized carbons (Fsp3) is 0.556. The van der Waals surface area contributed by atoms with E-state index < -0.39 is 0 Å². The fourth-order valence-corrected chi connectivity index (χ4v) is 3.61. The summed E-state index contributed by atoms with van der Waals surface area (Å²) in [5, 5.41) is 2.92. The van der Waals surface area contributed by atoms with E-state index in [1.54, 1.807) is 14.1 Å². The Hall–Kier alpha value is -1.49. The second-order valence-corrected chi connectivity index (χ2v) is 7.34. The zero-order valence-electron chi connectivity index (χ0n) is 14.0. The zero-order chi connectivity index (χ0) is 16.7. The van der Waals surface area contributed by atoms with Crippen LogP contribution in [0.4, 0.5) is 10.5 Å². The van der Waals surface area contributed by atoms with Crippen LogP contribution in [0.5, 0.6) is 0 Å². The van der Waals surface area contributed by atoms with Crippen LogP contribution in [0, 0.1) is 5.92 Å². The first kappa shape index (κ1) is 17.9. The van der Waals surface area contributed by atoms with E-state index in [9.17, 15) is 9.59 Å². The van der Waals surface area contributed by atoms with Gasteiger partial charge in [0.25, 0.3) is 5.24 Å². The number of para-hydroxylation sites is 1. The maximum absolute atomic E-state index is 12.2. The molecule has 0 atom stereocenters. The van der Waals surface area contributed by atoms with Crippen LogP contribution >= 0.6 is 11.8 Å². The number of nitrogens with one attached hydrogen (secondary N) is 1. The number of amides is 2. The van der Waals surface area contributed by atoms with Gasteiger partial charge >= 0.3 is 0 Å². The molecule has 0 saturated heterocycles. The highest BCUT2D eigenvalue weighted by molar-refractivity contribution is 8.13. The van der Waals surface area contributed by atoms with Gasteiger partial charge in [0.2, 0.25) is 5.91 Å². The van der Waals surface area contributed by atoms with E-state index in [0.717, 1.165) is 28.8 Å². The molecule has 0 radical (unpaired) electrons. The minimum Gasteiger partial charge on any atom is -0.339 e. The van der Waals surface area contributed by atoms with Gasteiger partial charge in [-0.3, -0.25) is 9.59 Å². The van der Waals surface area contributed by atoms with Crippen molar-refractivity contribution in [3.8, 4) is 0 Å². The topological polar surface area (TPSA) is 49.4 Å². The molecule has 0 aliphatic heterocycles. The number of carbonyl (C=O) groups is 2. The summed E-state index contributed by atoms with van der Waals surface area (Å²) in [6.45, 7) is 0. The van der Waals surface area contributed by atoms with Crippen LogP contribution in [-0.4, -0.2) is 30.1 Å². The first-order chi connectivity index (χ1) is 11.1. The standard InChI is InChI=1S/C18H26N2O2S/c1-20(2)18(22)23-16-11-7-6-10-15(16)19-17(21)13-12-14-8-4-3-5-9-14/h6-7,10-11,14H,3-5,8-9,12-13H2,1-2H3,(H,19,21). The quantitative estimate of drug-likeness (QED) is 0.790. The first-order valence-electron chi connectivity index (χ1n) is 8.34. The van der Waals surface area contributed by atoms with Crippen molar-refractivity contribution >= 4 is 28.6 Å². The highest BCUT2D eigenvalue weighted by atomic mass is 32.2. The van der Waals surface area contributed by atoms with Gasteiger partial charge in [-0.1, -0.05) is 44.2 Å². The van der Waals surface area contributed by atoms with Crippen molar-refractivity contribution < 1.29 is 9.59 Å². The molecule has 1 saturated carbocycles. The van der Waals surface area contributed by atoms with E-state index in [4.69, 9.17) is 0 Å². The van der Waals surface area contributed by atoms with E-state index in [-0.39, 0.29) is 11.1 Å². The highest BCUT2D eigenvalue weighted by Crippen LogP contribution is 2.30. The van der Waals surface area contributed by atoms with E-state index in [1.165, 1.54) is 37.0 Å². The lowest BCUT2D eigenvalue weighted by atomic mass is 9.86. The molecule has 1 aliphatic rings. The molecular formula is C18H26N2O2S. The van der Waals surface area contributed by atoms with Gasteiger partial charge in [0.1, 0.15) is 0 Å². The molecule has 1 aliphatic carbocycles. The Morgan fingerprint density at radius 3 is 2.57 bits per heavy atom. The van der Waals surface area contributed by atoms with Gasteiger partial charge in [-0.2, -0.15) is 0 Å². The average Bonchev–Trinajstić information content (AvgIpc) is 2.55.